The molecule has 0 N–H and O–H groups in total. The fourth-order valence-corrected chi connectivity index (χ4v) is 2.52. The quantitative estimate of drug-likeness (QED) is 0.753. The van der Waals surface area contributed by atoms with Gasteiger partial charge in [-0.25, -0.2) is 4.39 Å². The summed E-state index contributed by atoms with van der Waals surface area (Å²) in [4.78, 5) is 25.5. The molecule has 2 rings (SSSR count). The second-order valence-corrected chi connectivity index (χ2v) is 4.61. The number of nitrogens with zero attached hydrogens (tertiary/aromatic N) is 1. The van der Waals surface area contributed by atoms with E-state index in [1.807, 2.05) is 0 Å². The number of halogens is 1. The van der Waals surface area contributed by atoms with E-state index in [4.69, 9.17) is 0 Å². The molecule has 1 aliphatic heterocycles. The highest BCUT2D eigenvalue weighted by Gasteiger charge is 2.48. The monoisotopic (exact) mass is 247 g/mol. The molecule has 0 aliphatic carbocycles. The van der Waals surface area contributed by atoms with Crippen LogP contribution in [0.3, 0.4) is 0 Å². The highest BCUT2D eigenvalue weighted by Crippen LogP contribution is 2.41. The molecular formula is C14H14FNO2. The highest BCUT2D eigenvalue weighted by molar-refractivity contribution is 6.20. The number of benzene rings is 1. The van der Waals surface area contributed by atoms with Crippen LogP contribution in [0.5, 0.6) is 0 Å². The second-order valence-electron chi connectivity index (χ2n) is 4.61. The van der Waals surface area contributed by atoms with Crippen LogP contribution in [0.1, 0.15) is 30.6 Å². The summed E-state index contributed by atoms with van der Waals surface area (Å²) >= 11 is 0. The molecule has 1 aromatic carbocycles. The number of fused-ring (bicyclic) bond motifs is 1. The molecule has 0 saturated carbocycles. The molecule has 94 valence electrons. The average molecular weight is 247 g/mol. The van der Waals surface area contributed by atoms with E-state index in [1.54, 1.807) is 13.0 Å². The number of ketones is 1. The van der Waals surface area contributed by atoms with Crippen molar-refractivity contribution in [3.63, 3.8) is 0 Å². The Labute approximate surface area is 105 Å². The molecule has 0 saturated heterocycles. The van der Waals surface area contributed by atoms with Crippen LogP contribution in [0.2, 0.25) is 0 Å². The van der Waals surface area contributed by atoms with Crippen LogP contribution >= 0.6 is 0 Å². The van der Waals surface area contributed by atoms with Crippen molar-refractivity contribution >= 4 is 17.4 Å². The third-order valence-electron chi connectivity index (χ3n) is 3.28. The van der Waals surface area contributed by atoms with Crippen molar-refractivity contribution in [3.8, 4) is 0 Å². The zero-order valence-electron chi connectivity index (χ0n) is 10.4. The van der Waals surface area contributed by atoms with Gasteiger partial charge in [-0.05, 0) is 31.5 Å². The van der Waals surface area contributed by atoms with Crippen LogP contribution < -0.4 is 4.90 Å². The fourth-order valence-electron chi connectivity index (χ4n) is 2.52. The molecule has 0 aromatic heterocycles. The highest BCUT2D eigenvalue weighted by atomic mass is 19.1. The van der Waals surface area contributed by atoms with Gasteiger partial charge in [0, 0.05) is 12.5 Å². The van der Waals surface area contributed by atoms with Gasteiger partial charge >= 0.3 is 0 Å². The largest absolute Gasteiger partial charge is 0.298 e. The molecule has 1 amide bonds. The van der Waals surface area contributed by atoms with Gasteiger partial charge in [0.2, 0.25) is 5.91 Å². The van der Waals surface area contributed by atoms with Crippen molar-refractivity contribution in [1.82, 2.24) is 0 Å². The van der Waals surface area contributed by atoms with Crippen molar-refractivity contribution in [2.45, 2.75) is 25.8 Å². The van der Waals surface area contributed by atoms with Gasteiger partial charge in [0.1, 0.15) is 11.4 Å². The summed E-state index contributed by atoms with van der Waals surface area (Å²) in [7, 11) is 0. The zero-order valence-corrected chi connectivity index (χ0v) is 10.4. The van der Waals surface area contributed by atoms with Crippen molar-refractivity contribution in [1.29, 1.82) is 0 Å². The Morgan fingerprint density at radius 3 is 2.78 bits per heavy atom. The van der Waals surface area contributed by atoms with E-state index in [0.717, 1.165) is 0 Å². The number of rotatable bonds is 2. The molecule has 1 aliphatic rings. The molecular weight excluding hydrogens is 233 g/mol. The third-order valence-corrected chi connectivity index (χ3v) is 3.28. The van der Waals surface area contributed by atoms with Crippen LogP contribution in [0, 0.1) is 5.82 Å². The second kappa shape index (κ2) is 4.05. The lowest BCUT2D eigenvalue weighted by Crippen LogP contribution is -2.49. The van der Waals surface area contributed by atoms with Crippen molar-refractivity contribution in [2.24, 2.45) is 0 Å². The minimum absolute atomic E-state index is 0.174. The molecule has 0 bridgehead atoms. The fraction of sp³-hybridized carbons (Fsp3) is 0.286. The van der Waals surface area contributed by atoms with Crippen molar-refractivity contribution in [3.05, 3.63) is 42.2 Å². The summed E-state index contributed by atoms with van der Waals surface area (Å²) in [6.07, 6.45) is 1.93. The summed E-state index contributed by atoms with van der Waals surface area (Å²) < 4.78 is 13.3. The van der Waals surface area contributed by atoms with E-state index in [-0.39, 0.29) is 11.7 Å². The molecule has 0 spiro atoms. The Morgan fingerprint density at radius 2 is 2.22 bits per heavy atom. The summed E-state index contributed by atoms with van der Waals surface area (Å²) in [5, 5.41) is 0. The van der Waals surface area contributed by atoms with Crippen LogP contribution in [0.15, 0.2) is 30.9 Å². The Hall–Kier alpha value is -1.97. The van der Waals surface area contributed by atoms with E-state index in [2.05, 4.69) is 6.58 Å². The van der Waals surface area contributed by atoms with E-state index >= 15 is 0 Å². The number of carbonyl (C=O) groups is 2. The first-order valence-corrected chi connectivity index (χ1v) is 5.68. The number of Topliss-reactive ketones (excluding diaryl/α,β-unsaturated/α-hetero) is 1. The first-order valence-electron chi connectivity index (χ1n) is 5.68. The predicted octanol–water partition coefficient (Wildman–Crippen LogP) is 2.71. The molecule has 1 atom stereocenters. The Bertz CT molecular complexity index is 553. The molecule has 0 radical (unpaired) electrons. The summed E-state index contributed by atoms with van der Waals surface area (Å²) in [5.41, 5.74) is -0.267. The van der Waals surface area contributed by atoms with Gasteiger partial charge in [-0.3, -0.25) is 14.5 Å². The van der Waals surface area contributed by atoms with Gasteiger partial charge < -0.3 is 0 Å². The topological polar surface area (TPSA) is 37.4 Å². The van der Waals surface area contributed by atoms with E-state index in [1.165, 1.54) is 30.0 Å². The number of anilines is 1. The maximum atomic E-state index is 13.3. The summed E-state index contributed by atoms with van der Waals surface area (Å²) in [6, 6.07) is 3.88. The molecule has 4 heteroatoms. The van der Waals surface area contributed by atoms with Gasteiger partial charge in [0.05, 0.1) is 5.69 Å². The number of carbonyl (C=O) groups excluding carboxylic acids is 2. The van der Waals surface area contributed by atoms with Gasteiger partial charge in [-0.15, -0.1) is 6.58 Å². The summed E-state index contributed by atoms with van der Waals surface area (Å²) in [6.45, 7) is 6.66. The lowest BCUT2D eigenvalue weighted by molar-refractivity contribution is -0.117. The first kappa shape index (κ1) is 12.5. The maximum Gasteiger partial charge on any atom is 0.224 e. The van der Waals surface area contributed by atoms with Gasteiger partial charge in [-0.1, -0.05) is 6.08 Å². The number of hydrogen-bond donors (Lipinski definition) is 0. The molecule has 3 nitrogen and oxygen atoms in total. The first-order chi connectivity index (χ1) is 8.41. The van der Waals surface area contributed by atoms with Crippen LogP contribution in [0.25, 0.3) is 0 Å². The minimum Gasteiger partial charge on any atom is -0.298 e. The average Bonchev–Trinajstić information content (AvgIpc) is 2.48. The number of amides is 1. The third kappa shape index (κ3) is 1.56. The van der Waals surface area contributed by atoms with Gasteiger partial charge in [0.15, 0.2) is 5.78 Å². The normalized spacial score (nSPS) is 21.9. The molecule has 0 fully saturated rings. The Morgan fingerprint density at radius 1 is 1.56 bits per heavy atom. The predicted molar refractivity (Wildman–Crippen MR) is 67.1 cm³/mol. The van der Waals surface area contributed by atoms with Crippen molar-refractivity contribution in [2.75, 3.05) is 4.90 Å². The molecule has 1 heterocycles. The van der Waals surface area contributed by atoms with Crippen LogP contribution in [-0.4, -0.2) is 17.2 Å². The zero-order chi connectivity index (χ0) is 13.5. The van der Waals surface area contributed by atoms with Gasteiger partial charge in [0.25, 0.3) is 0 Å². The number of hydrogen-bond acceptors (Lipinski definition) is 2. The lowest BCUT2D eigenvalue weighted by Gasteiger charge is -2.32. The van der Waals surface area contributed by atoms with E-state index < -0.39 is 11.4 Å². The van der Waals surface area contributed by atoms with Crippen LogP contribution in [-0.2, 0) is 4.79 Å². The van der Waals surface area contributed by atoms with E-state index in [9.17, 15) is 14.0 Å². The molecule has 0 unspecified atom stereocenters. The van der Waals surface area contributed by atoms with Crippen LogP contribution in [0.4, 0.5) is 10.1 Å². The maximum absolute atomic E-state index is 13.3. The summed E-state index contributed by atoms with van der Waals surface area (Å²) in [5.74, 6) is -0.916. The SMILES string of the molecule is C=CC[C@@]1(C)C(=O)c2ccc(F)cc2N1C(C)=O. The van der Waals surface area contributed by atoms with E-state index in [0.29, 0.717) is 17.7 Å². The smallest absolute Gasteiger partial charge is 0.224 e. The molecule has 18 heavy (non-hydrogen) atoms. The Balaban J connectivity index is 2.66. The van der Waals surface area contributed by atoms with Gasteiger partial charge in [-0.2, -0.15) is 0 Å². The molecule has 1 aromatic rings. The standard InChI is InChI=1S/C14H14FNO2/c1-4-7-14(3)13(18)11-6-5-10(15)8-12(11)16(14)9(2)17/h4-6,8H,1,7H2,2-3H3/t14-/m0/s1. The van der Waals surface area contributed by atoms with Crippen molar-refractivity contribution < 1.29 is 14.0 Å². The lowest BCUT2D eigenvalue weighted by atomic mass is 9.91. The Kier molecular flexibility index (Phi) is 2.81. The minimum atomic E-state index is -0.996.